The molecule has 0 atom stereocenters. The predicted molar refractivity (Wildman–Crippen MR) is 134 cm³/mol. The van der Waals surface area contributed by atoms with Gasteiger partial charge in [0.05, 0.1) is 0 Å². The van der Waals surface area contributed by atoms with Crippen molar-refractivity contribution in [2.24, 2.45) is 0 Å². The SMILES string of the molecule is CCN(CC)c1ccc(C=C2CCCC(=Cc3ccc(N(CC)CC)cc3)C2)cc1. The molecule has 0 heterocycles. The first kappa shape index (κ1) is 22.2. The van der Waals surface area contributed by atoms with E-state index in [1.807, 2.05) is 0 Å². The summed E-state index contributed by atoms with van der Waals surface area (Å²) in [5.41, 5.74) is 8.40. The van der Waals surface area contributed by atoms with E-state index < -0.39 is 0 Å². The van der Waals surface area contributed by atoms with Crippen LogP contribution in [-0.2, 0) is 0 Å². The van der Waals surface area contributed by atoms with E-state index in [0.717, 1.165) is 32.6 Å². The lowest BCUT2D eigenvalue weighted by Gasteiger charge is -2.21. The highest BCUT2D eigenvalue weighted by Gasteiger charge is 2.11. The first-order valence-electron chi connectivity index (χ1n) is 11.8. The minimum Gasteiger partial charge on any atom is -0.372 e. The number of benzene rings is 2. The third kappa shape index (κ3) is 5.78. The topological polar surface area (TPSA) is 6.48 Å². The zero-order valence-electron chi connectivity index (χ0n) is 19.3. The van der Waals surface area contributed by atoms with Gasteiger partial charge in [0.1, 0.15) is 0 Å². The Morgan fingerprint density at radius 3 is 1.30 bits per heavy atom. The summed E-state index contributed by atoms with van der Waals surface area (Å²) in [7, 11) is 0. The molecule has 0 N–H and O–H groups in total. The molecule has 0 spiro atoms. The monoisotopic (exact) mass is 402 g/mol. The fourth-order valence-corrected chi connectivity index (χ4v) is 4.47. The quantitative estimate of drug-likeness (QED) is 0.453. The van der Waals surface area contributed by atoms with Crippen LogP contribution in [0.3, 0.4) is 0 Å². The zero-order chi connectivity index (χ0) is 21.3. The summed E-state index contributed by atoms with van der Waals surface area (Å²) in [4.78, 5) is 4.79. The smallest absolute Gasteiger partial charge is 0.0366 e. The molecule has 2 nitrogen and oxygen atoms in total. The fourth-order valence-electron chi connectivity index (χ4n) is 4.47. The molecule has 0 aromatic heterocycles. The van der Waals surface area contributed by atoms with Crippen molar-refractivity contribution < 1.29 is 0 Å². The number of allylic oxidation sites excluding steroid dienone is 2. The van der Waals surface area contributed by atoms with E-state index in [4.69, 9.17) is 0 Å². The molecule has 160 valence electrons. The maximum Gasteiger partial charge on any atom is 0.0366 e. The van der Waals surface area contributed by atoms with Crippen LogP contribution >= 0.6 is 0 Å². The molecule has 0 unspecified atom stereocenters. The summed E-state index contributed by atoms with van der Waals surface area (Å²) in [5, 5.41) is 0. The van der Waals surface area contributed by atoms with Gasteiger partial charge in [0.15, 0.2) is 0 Å². The molecule has 0 aliphatic heterocycles. The van der Waals surface area contributed by atoms with E-state index >= 15 is 0 Å². The first-order chi connectivity index (χ1) is 14.7. The van der Waals surface area contributed by atoms with E-state index in [9.17, 15) is 0 Å². The van der Waals surface area contributed by atoms with E-state index in [-0.39, 0.29) is 0 Å². The second-order valence-corrected chi connectivity index (χ2v) is 8.16. The second kappa shape index (κ2) is 11.1. The van der Waals surface area contributed by atoms with Gasteiger partial charge in [0.25, 0.3) is 0 Å². The number of nitrogens with zero attached hydrogens (tertiary/aromatic N) is 2. The zero-order valence-corrected chi connectivity index (χ0v) is 19.3. The van der Waals surface area contributed by atoms with Crippen LogP contribution < -0.4 is 9.80 Å². The first-order valence-corrected chi connectivity index (χ1v) is 11.8. The van der Waals surface area contributed by atoms with E-state index in [1.54, 1.807) is 11.1 Å². The third-order valence-corrected chi connectivity index (χ3v) is 6.23. The van der Waals surface area contributed by atoms with Crippen LogP contribution in [0.15, 0.2) is 59.7 Å². The van der Waals surface area contributed by atoms with Gasteiger partial charge in [-0.25, -0.2) is 0 Å². The molecule has 0 bridgehead atoms. The van der Waals surface area contributed by atoms with Crippen molar-refractivity contribution in [1.82, 2.24) is 0 Å². The Bertz CT molecular complexity index is 764. The second-order valence-electron chi connectivity index (χ2n) is 8.16. The summed E-state index contributed by atoms with van der Waals surface area (Å²) in [5.74, 6) is 0. The molecule has 2 heteroatoms. The Morgan fingerprint density at radius 1 is 0.600 bits per heavy atom. The summed E-state index contributed by atoms with van der Waals surface area (Å²) in [6.07, 6.45) is 9.61. The minimum atomic E-state index is 1.06. The molecule has 0 radical (unpaired) electrons. The lowest BCUT2D eigenvalue weighted by Crippen LogP contribution is -2.21. The molecule has 0 amide bonds. The van der Waals surface area contributed by atoms with Crippen LogP contribution in [0.25, 0.3) is 12.2 Å². The lowest BCUT2D eigenvalue weighted by atomic mass is 9.88. The van der Waals surface area contributed by atoms with Crippen molar-refractivity contribution in [2.45, 2.75) is 53.4 Å². The van der Waals surface area contributed by atoms with Gasteiger partial charge in [-0.05, 0) is 88.8 Å². The Kier molecular flexibility index (Phi) is 8.19. The molecule has 30 heavy (non-hydrogen) atoms. The summed E-state index contributed by atoms with van der Waals surface area (Å²) < 4.78 is 0. The molecular weight excluding hydrogens is 364 g/mol. The van der Waals surface area contributed by atoms with Crippen LogP contribution in [0.4, 0.5) is 11.4 Å². The fraction of sp³-hybridized carbons (Fsp3) is 0.429. The molecule has 2 aromatic rings. The van der Waals surface area contributed by atoms with Crippen molar-refractivity contribution >= 4 is 23.5 Å². The van der Waals surface area contributed by atoms with Gasteiger partial charge in [0.2, 0.25) is 0 Å². The molecule has 0 saturated heterocycles. The van der Waals surface area contributed by atoms with Gasteiger partial charge in [-0.3, -0.25) is 0 Å². The predicted octanol–water partition coefficient (Wildman–Crippen LogP) is 7.42. The standard InChI is InChI=1S/C28H38N2/c1-5-29(6-2)27-16-12-23(13-17-27)20-25-10-9-11-26(22-25)21-24-14-18-28(19-15-24)30(7-3)8-4/h12-21H,5-11,22H2,1-4H3. The highest BCUT2D eigenvalue weighted by molar-refractivity contribution is 5.62. The van der Waals surface area contributed by atoms with Gasteiger partial charge >= 0.3 is 0 Å². The third-order valence-electron chi connectivity index (χ3n) is 6.23. The van der Waals surface area contributed by atoms with Crippen molar-refractivity contribution in [3.8, 4) is 0 Å². The lowest BCUT2D eigenvalue weighted by molar-refractivity contribution is 0.721. The summed E-state index contributed by atoms with van der Waals surface area (Å²) in [6.45, 7) is 13.1. The van der Waals surface area contributed by atoms with Crippen LogP contribution in [0.2, 0.25) is 0 Å². The van der Waals surface area contributed by atoms with E-state index in [0.29, 0.717) is 0 Å². The number of hydrogen-bond acceptors (Lipinski definition) is 2. The largest absolute Gasteiger partial charge is 0.372 e. The maximum absolute atomic E-state index is 2.41. The average Bonchev–Trinajstić information content (AvgIpc) is 2.78. The van der Waals surface area contributed by atoms with Gasteiger partial charge in [-0.1, -0.05) is 47.6 Å². The number of hydrogen-bond donors (Lipinski definition) is 0. The van der Waals surface area contributed by atoms with Crippen LogP contribution in [0.1, 0.15) is 64.5 Å². The Balaban J connectivity index is 1.68. The molecule has 1 aliphatic carbocycles. The molecule has 3 rings (SSSR count). The molecular formula is C28H38N2. The minimum absolute atomic E-state index is 1.06. The molecule has 1 fully saturated rings. The molecule has 1 saturated carbocycles. The normalized spacial score (nSPS) is 16.8. The summed E-state index contributed by atoms with van der Waals surface area (Å²) >= 11 is 0. The van der Waals surface area contributed by atoms with E-state index in [2.05, 4.69) is 98.2 Å². The molecule has 1 aliphatic rings. The Labute approximate surface area is 183 Å². The average molecular weight is 403 g/mol. The molecule has 2 aromatic carbocycles. The highest BCUT2D eigenvalue weighted by atomic mass is 15.1. The van der Waals surface area contributed by atoms with Gasteiger partial charge < -0.3 is 9.80 Å². The van der Waals surface area contributed by atoms with Crippen molar-refractivity contribution in [3.63, 3.8) is 0 Å². The Hall–Kier alpha value is -2.48. The van der Waals surface area contributed by atoms with Gasteiger partial charge in [0, 0.05) is 37.6 Å². The van der Waals surface area contributed by atoms with Crippen LogP contribution in [0, 0.1) is 0 Å². The Morgan fingerprint density at radius 2 is 0.967 bits per heavy atom. The summed E-state index contributed by atoms with van der Waals surface area (Å²) in [6, 6.07) is 18.1. The van der Waals surface area contributed by atoms with Gasteiger partial charge in [-0.2, -0.15) is 0 Å². The van der Waals surface area contributed by atoms with Crippen molar-refractivity contribution in [1.29, 1.82) is 0 Å². The maximum atomic E-state index is 2.41. The van der Waals surface area contributed by atoms with E-state index in [1.165, 1.54) is 41.8 Å². The number of anilines is 2. The van der Waals surface area contributed by atoms with Crippen LogP contribution in [0.5, 0.6) is 0 Å². The van der Waals surface area contributed by atoms with Crippen molar-refractivity contribution in [2.75, 3.05) is 36.0 Å². The van der Waals surface area contributed by atoms with Crippen LogP contribution in [-0.4, -0.2) is 26.2 Å². The van der Waals surface area contributed by atoms with Gasteiger partial charge in [-0.15, -0.1) is 0 Å². The van der Waals surface area contributed by atoms with Crippen molar-refractivity contribution in [3.05, 3.63) is 70.8 Å². The highest BCUT2D eigenvalue weighted by Crippen LogP contribution is 2.31. The number of rotatable bonds is 8.